The summed E-state index contributed by atoms with van der Waals surface area (Å²) >= 11 is 3.33. The minimum absolute atomic E-state index is 0.667. The highest BCUT2D eigenvalue weighted by atomic mass is 79.9. The molecule has 0 spiro atoms. The zero-order chi connectivity index (χ0) is 9.14. The van der Waals surface area contributed by atoms with Crippen LogP contribution >= 0.6 is 15.9 Å². The largest absolute Gasteiger partial charge is 0.378 e. The third-order valence-electron chi connectivity index (χ3n) is 1.59. The molecule has 0 aliphatic carbocycles. The second-order valence-electron chi connectivity index (χ2n) is 2.67. The summed E-state index contributed by atoms with van der Waals surface area (Å²) in [7, 11) is 3.93. The maximum absolute atomic E-state index is 8.65. The highest BCUT2D eigenvalue weighted by Gasteiger charge is 2.00. The molecule has 0 radical (unpaired) electrons. The van der Waals surface area contributed by atoms with E-state index in [-0.39, 0.29) is 0 Å². The molecule has 2 nitrogen and oxygen atoms in total. The Balaban J connectivity index is 3.12. The summed E-state index contributed by atoms with van der Waals surface area (Å²) in [5.41, 5.74) is 1.75. The molecule has 0 unspecified atom stereocenters. The maximum atomic E-state index is 8.65. The fourth-order valence-electron chi connectivity index (χ4n) is 0.873. The smallest absolute Gasteiger partial charge is 0.100 e. The Hall–Kier alpha value is -1.01. The Morgan fingerprint density at radius 1 is 1.42 bits per heavy atom. The van der Waals surface area contributed by atoms with E-state index in [9.17, 15) is 0 Å². The molecule has 1 aromatic rings. The van der Waals surface area contributed by atoms with Crippen LogP contribution in [0.3, 0.4) is 0 Å². The minimum atomic E-state index is 0.667. The van der Waals surface area contributed by atoms with Crippen LogP contribution in [-0.4, -0.2) is 14.1 Å². The van der Waals surface area contributed by atoms with Gasteiger partial charge in [0.05, 0.1) is 5.56 Å². The molecule has 1 aromatic carbocycles. The van der Waals surface area contributed by atoms with Crippen LogP contribution in [0.5, 0.6) is 0 Å². The molecule has 0 aliphatic rings. The van der Waals surface area contributed by atoms with Crippen molar-refractivity contribution in [1.82, 2.24) is 0 Å². The number of hydrogen-bond donors (Lipinski definition) is 0. The van der Waals surface area contributed by atoms with Crippen LogP contribution < -0.4 is 4.90 Å². The maximum Gasteiger partial charge on any atom is 0.100 e. The van der Waals surface area contributed by atoms with Gasteiger partial charge in [-0.15, -0.1) is 0 Å². The number of benzene rings is 1. The van der Waals surface area contributed by atoms with E-state index in [0.29, 0.717) is 5.56 Å². The second kappa shape index (κ2) is 3.59. The van der Waals surface area contributed by atoms with E-state index >= 15 is 0 Å². The Morgan fingerprint density at radius 3 is 2.50 bits per heavy atom. The first-order valence-electron chi connectivity index (χ1n) is 3.52. The van der Waals surface area contributed by atoms with Gasteiger partial charge >= 0.3 is 0 Å². The number of hydrogen-bond acceptors (Lipinski definition) is 2. The van der Waals surface area contributed by atoms with E-state index in [1.807, 2.05) is 31.1 Å². The van der Waals surface area contributed by atoms with Gasteiger partial charge in [-0.25, -0.2) is 0 Å². The van der Waals surface area contributed by atoms with Gasteiger partial charge in [0.25, 0.3) is 0 Å². The standard InChI is InChI=1S/C9H9BrN2/c1-12(2)8-4-3-7(6-11)9(10)5-8/h3-5H,1-2H3. The molecule has 0 saturated heterocycles. The molecule has 0 amide bonds. The van der Waals surface area contributed by atoms with Gasteiger partial charge in [-0.1, -0.05) is 0 Å². The van der Waals surface area contributed by atoms with Gasteiger partial charge in [-0.3, -0.25) is 0 Å². The summed E-state index contributed by atoms with van der Waals surface area (Å²) in [6.45, 7) is 0. The topological polar surface area (TPSA) is 27.0 Å². The fraction of sp³-hybridized carbons (Fsp3) is 0.222. The van der Waals surface area contributed by atoms with E-state index in [2.05, 4.69) is 22.0 Å². The number of rotatable bonds is 1. The summed E-state index contributed by atoms with van der Waals surface area (Å²) in [5, 5.41) is 8.65. The molecule has 12 heavy (non-hydrogen) atoms. The molecule has 1 rings (SSSR count). The average Bonchev–Trinajstić information content (AvgIpc) is 2.04. The van der Waals surface area contributed by atoms with Gasteiger partial charge in [0.2, 0.25) is 0 Å². The molecule has 0 aliphatic heterocycles. The SMILES string of the molecule is CN(C)c1ccc(C#N)c(Br)c1. The summed E-state index contributed by atoms with van der Waals surface area (Å²) in [5.74, 6) is 0. The van der Waals surface area contributed by atoms with Crippen molar-refractivity contribution in [3.05, 3.63) is 28.2 Å². The van der Waals surface area contributed by atoms with Crippen LogP contribution in [0.15, 0.2) is 22.7 Å². The van der Waals surface area contributed by atoms with Crippen LogP contribution in [0.4, 0.5) is 5.69 Å². The Morgan fingerprint density at radius 2 is 2.08 bits per heavy atom. The molecule has 0 atom stereocenters. The predicted molar refractivity (Wildman–Crippen MR) is 53.2 cm³/mol. The monoisotopic (exact) mass is 224 g/mol. The zero-order valence-electron chi connectivity index (χ0n) is 7.00. The Bertz CT molecular complexity index is 326. The van der Waals surface area contributed by atoms with E-state index in [0.717, 1.165) is 10.2 Å². The first-order valence-corrected chi connectivity index (χ1v) is 4.31. The molecular weight excluding hydrogens is 216 g/mol. The lowest BCUT2D eigenvalue weighted by molar-refractivity contribution is 1.13. The van der Waals surface area contributed by atoms with E-state index in [4.69, 9.17) is 5.26 Å². The third kappa shape index (κ3) is 1.77. The van der Waals surface area contributed by atoms with E-state index < -0.39 is 0 Å². The number of anilines is 1. The van der Waals surface area contributed by atoms with Crippen LogP contribution in [0.25, 0.3) is 0 Å². The average molecular weight is 225 g/mol. The van der Waals surface area contributed by atoms with Crippen molar-refractivity contribution in [2.45, 2.75) is 0 Å². The van der Waals surface area contributed by atoms with Crippen LogP contribution in [0, 0.1) is 11.3 Å². The summed E-state index contributed by atoms with van der Waals surface area (Å²) in [4.78, 5) is 1.99. The molecule has 0 bridgehead atoms. The first-order chi connectivity index (χ1) is 5.65. The molecule has 0 saturated carbocycles. The van der Waals surface area contributed by atoms with E-state index in [1.54, 1.807) is 6.07 Å². The van der Waals surface area contributed by atoms with Gasteiger partial charge in [-0.2, -0.15) is 5.26 Å². The Labute approximate surface area is 80.5 Å². The normalized spacial score (nSPS) is 9.17. The van der Waals surface area contributed by atoms with Crippen molar-refractivity contribution in [3.63, 3.8) is 0 Å². The molecule has 3 heteroatoms. The van der Waals surface area contributed by atoms with Crippen LogP contribution in [0.2, 0.25) is 0 Å². The van der Waals surface area contributed by atoms with Crippen molar-refractivity contribution in [2.24, 2.45) is 0 Å². The van der Waals surface area contributed by atoms with Crippen molar-refractivity contribution >= 4 is 21.6 Å². The minimum Gasteiger partial charge on any atom is -0.378 e. The molecule has 0 fully saturated rings. The summed E-state index contributed by atoms with van der Waals surface area (Å²) in [6, 6.07) is 7.75. The molecule has 62 valence electrons. The highest BCUT2D eigenvalue weighted by molar-refractivity contribution is 9.10. The van der Waals surface area contributed by atoms with Gasteiger partial charge in [0, 0.05) is 24.3 Å². The predicted octanol–water partition coefficient (Wildman–Crippen LogP) is 2.39. The fourth-order valence-corrected chi connectivity index (χ4v) is 1.33. The van der Waals surface area contributed by atoms with Gasteiger partial charge < -0.3 is 4.90 Å². The van der Waals surface area contributed by atoms with Crippen LogP contribution in [-0.2, 0) is 0 Å². The molecular formula is C9H9BrN2. The molecule has 0 heterocycles. The van der Waals surface area contributed by atoms with Gasteiger partial charge in [0.1, 0.15) is 6.07 Å². The molecule has 0 N–H and O–H groups in total. The van der Waals surface area contributed by atoms with Crippen molar-refractivity contribution in [1.29, 1.82) is 5.26 Å². The summed E-state index contributed by atoms with van der Waals surface area (Å²) in [6.07, 6.45) is 0. The lowest BCUT2D eigenvalue weighted by Gasteiger charge is -2.12. The van der Waals surface area contributed by atoms with Gasteiger partial charge in [0.15, 0.2) is 0 Å². The highest BCUT2D eigenvalue weighted by Crippen LogP contribution is 2.21. The second-order valence-corrected chi connectivity index (χ2v) is 3.52. The summed E-state index contributed by atoms with van der Waals surface area (Å²) < 4.78 is 0.844. The quantitative estimate of drug-likeness (QED) is 0.733. The number of nitrogens with zero attached hydrogens (tertiary/aromatic N) is 2. The van der Waals surface area contributed by atoms with E-state index in [1.165, 1.54) is 0 Å². The lowest BCUT2D eigenvalue weighted by Crippen LogP contribution is -2.08. The Kier molecular flexibility index (Phi) is 2.72. The van der Waals surface area contributed by atoms with Crippen LogP contribution in [0.1, 0.15) is 5.56 Å². The van der Waals surface area contributed by atoms with Crippen molar-refractivity contribution in [2.75, 3.05) is 19.0 Å². The number of nitriles is 1. The number of halogens is 1. The lowest BCUT2D eigenvalue weighted by atomic mass is 10.2. The third-order valence-corrected chi connectivity index (χ3v) is 2.25. The zero-order valence-corrected chi connectivity index (χ0v) is 8.59. The molecule has 0 aromatic heterocycles. The van der Waals surface area contributed by atoms with Gasteiger partial charge in [-0.05, 0) is 34.1 Å². The van der Waals surface area contributed by atoms with Crippen molar-refractivity contribution < 1.29 is 0 Å². The van der Waals surface area contributed by atoms with Crippen molar-refractivity contribution in [3.8, 4) is 6.07 Å². The first kappa shape index (κ1) is 9.08.